The molecule has 2 atom stereocenters. The summed E-state index contributed by atoms with van der Waals surface area (Å²) in [6.07, 6.45) is 2.94. The minimum absolute atomic E-state index is 0.0937. The molecule has 5 heteroatoms. The maximum absolute atomic E-state index is 13.4. The highest BCUT2D eigenvalue weighted by atomic mass is 19.1. The highest BCUT2D eigenvalue weighted by molar-refractivity contribution is 5.92. The first kappa shape index (κ1) is 23.8. The molecule has 4 nitrogen and oxygen atoms in total. The van der Waals surface area contributed by atoms with Crippen molar-refractivity contribution in [1.82, 2.24) is 0 Å². The number of aliphatic hydroxyl groups excluding tert-OH is 1. The Morgan fingerprint density at radius 2 is 1.84 bits per heavy atom. The Morgan fingerprint density at radius 1 is 1.16 bits per heavy atom. The molecule has 0 aliphatic carbocycles. The lowest BCUT2D eigenvalue weighted by atomic mass is 9.70. The van der Waals surface area contributed by atoms with Crippen LogP contribution in [0.5, 0.6) is 0 Å². The van der Waals surface area contributed by atoms with E-state index in [-0.39, 0.29) is 29.3 Å². The SMILES string of the molecule is CCCC1(CCc2ccc(F)cc2)CC(O)=C(C(c2cccc(N)c2)C(C)(C)C)C(=O)O1. The minimum atomic E-state index is -0.772. The standard InChI is InChI=1S/C27H34FNO3/c1-5-14-27(15-13-18-9-11-20(28)12-10-18)17-22(30)23(25(31)32-27)24(26(2,3)4)19-7-6-8-21(29)16-19/h6-12,16,24,30H,5,13-15,17,29H2,1-4H3. The molecular weight excluding hydrogens is 405 g/mol. The predicted molar refractivity (Wildman–Crippen MR) is 126 cm³/mol. The number of hydrogen-bond acceptors (Lipinski definition) is 4. The van der Waals surface area contributed by atoms with Gasteiger partial charge in [0.25, 0.3) is 0 Å². The first-order chi connectivity index (χ1) is 15.0. The number of ether oxygens (including phenoxy) is 1. The normalized spacial score (nSPS) is 20.2. The van der Waals surface area contributed by atoms with Gasteiger partial charge in [-0.1, -0.05) is 58.4 Å². The Bertz CT molecular complexity index is 991. The maximum atomic E-state index is 13.4. The number of halogens is 1. The fourth-order valence-corrected chi connectivity index (χ4v) is 4.81. The number of nitrogens with two attached hydrogens (primary N) is 1. The van der Waals surface area contributed by atoms with Crippen LogP contribution in [0.3, 0.4) is 0 Å². The molecule has 172 valence electrons. The second-order valence-electron chi connectivity index (χ2n) is 9.96. The number of aryl methyl sites for hydroxylation is 1. The summed E-state index contributed by atoms with van der Waals surface area (Å²) in [5, 5.41) is 11.2. The van der Waals surface area contributed by atoms with Crippen LogP contribution in [0.2, 0.25) is 0 Å². The average Bonchev–Trinajstić information content (AvgIpc) is 2.69. The van der Waals surface area contributed by atoms with Gasteiger partial charge < -0.3 is 15.6 Å². The van der Waals surface area contributed by atoms with Crippen molar-refractivity contribution in [1.29, 1.82) is 0 Å². The molecule has 0 saturated heterocycles. The van der Waals surface area contributed by atoms with Gasteiger partial charge in [0, 0.05) is 18.0 Å². The number of hydrogen-bond donors (Lipinski definition) is 2. The largest absolute Gasteiger partial charge is 0.512 e. The molecule has 0 saturated carbocycles. The first-order valence-electron chi connectivity index (χ1n) is 11.3. The zero-order chi connectivity index (χ0) is 23.5. The minimum Gasteiger partial charge on any atom is -0.512 e. The van der Waals surface area contributed by atoms with Crippen molar-refractivity contribution in [3.8, 4) is 0 Å². The summed E-state index contributed by atoms with van der Waals surface area (Å²) >= 11 is 0. The number of carbonyl (C=O) groups excluding carboxylic acids is 1. The highest BCUT2D eigenvalue weighted by Gasteiger charge is 2.45. The van der Waals surface area contributed by atoms with Crippen LogP contribution in [0.15, 0.2) is 59.9 Å². The molecule has 0 fully saturated rings. The third kappa shape index (κ3) is 5.32. The lowest BCUT2D eigenvalue weighted by molar-refractivity contribution is -0.161. The number of esters is 1. The van der Waals surface area contributed by atoms with Crippen molar-refractivity contribution < 1.29 is 19.0 Å². The number of aliphatic hydroxyl groups is 1. The number of carbonyl (C=O) groups is 1. The number of nitrogen functional groups attached to an aromatic ring is 1. The second kappa shape index (κ2) is 9.35. The van der Waals surface area contributed by atoms with Gasteiger partial charge in [-0.2, -0.15) is 0 Å². The molecule has 1 aliphatic rings. The molecule has 0 amide bonds. The van der Waals surface area contributed by atoms with E-state index in [1.807, 2.05) is 45.9 Å². The summed E-state index contributed by atoms with van der Waals surface area (Å²) in [7, 11) is 0. The predicted octanol–water partition coefficient (Wildman–Crippen LogP) is 6.47. The molecule has 32 heavy (non-hydrogen) atoms. The smallest absolute Gasteiger partial charge is 0.338 e. The van der Waals surface area contributed by atoms with E-state index in [1.54, 1.807) is 18.2 Å². The van der Waals surface area contributed by atoms with E-state index < -0.39 is 11.6 Å². The Hall–Kier alpha value is -2.82. The number of rotatable bonds is 7. The fraction of sp³-hybridized carbons (Fsp3) is 0.444. The molecule has 0 spiro atoms. The van der Waals surface area contributed by atoms with Gasteiger partial charge in [0.2, 0.25) is 0 Å². The van der Waals surface area contributed by atoms with Crippen molar-refractivity contribution in [3.63, 3.8) is 0 Å². The van der Waals surface area contributed by atoms with E-state index in [0.717, 1.165) is 17.5 Å². The molecule has 2 unspecified atom stereocenters. The summed E-state index contributed by atoms with van der Waals surface area (Å²) < 4.78 is 19.4. The van der Waals surface area contributed by atoms with Crippen LogP contribution in [-0.4, -0.2) is 16.7 Å². The average molecular weight is 440 g/mol. The number of benzene rings is 2. The van der Waals surface area contributed by atoms with Crippen LogP contribution < -0.4 is 5.73 Å². The summed E-state index contributed by atoms with van der Waals surface area (Å²) in [5.41, 5.74) is 7.68. The van der Waals surface area contributed by atoms with E-state index in [9.17, 15) is 14.3 Å². The van der Waals surface area contributed by atoms with Crippen molar-refractivity contribution >= 4 is 11.7 Å². The third-order valence-electron chi connectivity index (χ3n) is 6.22. The van der Waals surface area contributed by atoms with Crippen LogP contribution >= 0.6 is 0 Å². The molecule has 3 N–H and O–H groups in total. The van der Waals surface area contributed by atoms with Gasteiger partial charge in [-0.25, -0.2) is 9.18 Å². The van der Waals surface area contributed by atoms with Crippen molar-refractivity contribution in [3.05, 3.63) is 76.8 Å². The molecule has 0 bridgehead atoms. The zero-order valence-electron chi connectivity index (χ0n) is 19.5. The highest BCUT2D eigenvalue weighted by Crippen LogP contribution is 2.47. The second-order valence-corrected chi connectivity index (χ2v) is 9.96. The third-order valence-corrected chi connectivity index (χ3v) is 6.22. The van der Waals surface area contributed by atoms with Gasteiger partial charge in [-0.3, -0.25) is 0 Å². The fourth-order valence-electron chi connectivity index (χ4n) is 4.81. The van der Waals surface area contributed by atoms with Gasteiger partial charge in [0.05, 0.1) is 5.57 Å². The van der Waals surface area contributed by atoms with Crippen molar-refractivity contribution in [2.75, 3.05) is 5.73 Å². The summed E-state index contributed by atoms with van der Waals surface area (Å²) in [6, 6.07) is 13.8. The van der Waals surface area contributed by atoms with Gasteiger partial charge in [-0.15, -0.1) is 0 Å². The maximum Gasteiger partial charge on any atom is 0.338 e. The van der Waals surface area contributed by atoms with E-state index in [0.29, 0.717) is 30.5 Å². The van der Waals surface area contributed by atoms with Crippen molar-refractivity contribution in [2.45, 2.75) is 71.3 Å². The van der Waals surface area contributed by atoms with Crippen LogP contribution in [0.4, 0.5) is 10.1 Å². The Morgan fingerprint density at radius 3 is 2.41 bits per heavy atom. The van der Waals surface area contributed by atoms with Crippen LogP contribution in [0, 0.1) is 11.2 Å². The van der Waals surface area contributed by atoms with Gasteiger partial charge >= 0.3 is 5.97 Å². The molecular formula is C27H34FNO3. The number of cyclic esters (lactones) is 1. The Kier molecular flexibility index (Phi) is 6.97. The van der Waals surface area contributed by atoms with E-state index >= 15 is 0 Å². The summed E-state index contributed by atoms with van der Waals surface area (Å²) in [4.78, 5) is 13.4. The van der Waals surface area contributed by atoms with E-state index in [4.69, 9.17) is 10.5 Å². The molecule has 1 heterocycles. The lowest BCUT2D eigenvalue weighted by Gasteiger charge is -2.41. The van der Waals surface area contributed by atoms with Gasteiger partial charge in [0.15, 0.2) is 0 Å². The Balaban J connectivity index is 1.94. The summed E-state index contributed by atoms with van der Waals surface area (Å²) in [5.74, 6) is -1.00. The molecule has 1 aliphatic heterocycles. The topological polar surface area (TPSA) is 72.5 Å². The van der Waals surface area contributed by atoms with E-state index in [2.05, 4.69) is 0 Å². The van der Waals surface area contributed by atoms with Gasteiger partial charge in [0.1, 0.15) is 17.2 Å². The quantitative estimate of drug-likeness (QED) is 0.383. The van der Waals surface area contributed by atoms with E-state index in [1.165, 1.54) is 12.1 Å². The lowest BCUT2D eigenvalue weighted by Crippen LogP contribution is -2.43. The van der Waals surface area contributed by atoms with Crippen LogP contribution in [0.25, 0.3) is 0 Å². The molecule has 0 radical (unpaired) electrons. The molecule has 0 aromatic heterocycles. The molecule has 3 rings (SSSR count). The van der Waals surface area contributed by atoms with Crippen molar-refractivity contribution in [2.24, 2.45) is 5.41 Å². The summed E-state index contributed by atoms with van der Waals surface area (Å²) in [6.45, 7) is 8.15. The molecule has 2 aromatic carbocycles. The Labute approximate surface area is 190 Å². The zero-order valence-corrected chi connectivity index (χ0v) is 19.5. The van der Waals surface area contributed by atoms with Crippen LogP contribution in [-0.2, 0) is 16.0 Å². The van der Waals surface area contributed by atoms with Crippen LogP contribution in [0.1, 0.15) is 70.4 Å². The van der Waals surface area contributed by atoms with Gasteiger partial charge in [-0.05, 0) is 60.1 Å². The first-order valence-corrected chi connectivity index (χ1v) is 11.3. The molecule has 2 aromatic rings. The number of anilines is 1. The monoisotopic (exact) mass is 439 g/mol.